The Labute approximate surface area is 153 Å². The molecule has 0 radical (unpaired) electrons. The summed E-state index contributed by atoms with van der Waals surface area (Å²) >= 11 is 0. The second kappa shape index (κ2) is 7.47. The number of hydrazone groups is 1. The molecule has 0 saturated carbocycles. The summed E-state index contributed by atoms with van der Waals surface area (Å²) in [6.45, 7) is 1.51. The van der Waals surface area contributed by atoms with Crippen LogP contribution in [0.15, 0.2) is 47.6 Å². The van der Waals surface area contributed by atoms with Gasteiger partial charge in [0.15, 0.2) is 11.5 Å². The first-order valence-electron chi connectivity index (χ1n) is 8.31. The van der Waals surface area contributed by atoms with Gasteiger partial charge in [-0.2, -0.15) is 5.10 Å². The summed E-state index contributed by atoms with van der Waals surface area (Å²) in [6, 6.07) is 13.1. The molecule has 0 N–H and O–H groups in total. The molecule has 1 atom stereocenters. The fraction of sp³-hybridized carbons (Fsp3) is 0.300. The van der Waals surface area contributed by atoms with Gasteiger partial charge in [-0.15, -0.1) is 0 Å². The predicted octanol–water partition coefficient (Wildman–Crippen LogP) is 3.41. The molecule has 0 bridgehead atoms. The number of rotatable bonds is 5. The maximum Gasteiger partial charge on any atom is 0.240 e. The van der Waals surface area contributed by atoms with Crippen LogP contribution >= 0.6 is 0 Å². The largest absolute Gasteiger partial charge is 0.497 e. The van der Waals surface area contributed by atoms with Crippen LogP contribution in [0.25, 0.3) is 0 Å². The van der Waals surface area contributed by atoms with E-state index in [0.717, 1.165) is 22.6 Å². The average Bonchev–Trinajstić information content (AvgIpc) is 3.13. The van der Waals surface area contributed by atoms with E-state index in [2.05, 4.69) is 5.10 Å². The van der Waals surface area contributed by atoms with Gasteiger partial charge in [0.05, 0.1) is 33.1 Å². The van der Waals surface area contributed by atoms with Crippen molar-refractivity contribution >= 4 is 11.6 Å². The Hall–Kier alpha value is -3.02. The number of methoxy groups -OCH3 is 3. The lowest BCUT2D eigenvalue weighted by Crippen LogP contribution is -2.24. The molecule has 0 aromatic heterocycles. The molecule has 1 unspecified atom stereocenters. The Balaban J connectivity index is 2.01. The zero-order chi connectivity index (χ0) is 18.7. The van der Waals surface area contributed by atoms with Gasteiger partial charge in [0, 0.05) is 24.5 Å². The molecule has 0 saturated heterocycles. The summed E-state index contributed by atoms with van der Waals surface area (Å²) in [4.78, 5) is 12.2. The number of hydrogen-bond acceptors (Lipinski definition) is 5. The van der Waals surface area contributed by atoms with E-state index in [1.807, 2.05) is 42.5 Å². The van der Waals surface area contributed by atoms with E-state index in [1.165, 1.54) is 11.9 Å². The molecule has 6 heteroatoms. The lowest BCUT2D eigenvalue weighted by atomic mass is 9.97. The fourth-order valence-corrected chi connectivity index (χ4v) is 3.19. The van der Waals surface area contributed by atoms with Crippen molar-refractivity contribution in [1.82, 2.24) is 5.01 Å². The van der Waals surface area contributed by atoms with Crippen LogP contribution in [0.5, 0.6) is 17.2 Å². The number of carbonyl (C=O) groups excluding carboxylic acids is 1. The lowest BCUT2D eigenvalue weighted by molar-refractivity contribution is -0.130. The summed E-state index contributed by atoms with van der Waals surface area (Å²) in [5, 5.41) is 6.08. The molecule has 1 aliphatic heterocycles. The van der Waals surface area contributed by atoms with E-state index in [1.54, 1.807) is 21.3 Å². The number of nitrogens with zero attached hydrogens (tertiary/aromatic N) is 2. The molecule has 3 rings (SSSR count). The maximum absolute atomic E-state index is 12.2. The van der Waals surface area contributed by atoms with Gasteiger partial charge in [0.2, 0.25) is 5.91 Å². The second-order valence-corrected chi connectivity index (χ2v) is 5.94. The molecule has 1 amide bonds. The summed E-state index contributed by atoms with van der Waals surface area (Å²) in [5.74, 6) is 1.87. The van der Waals surface area contributed by atoms with Crippen LogP contribution in [-0.2, 0) is 4.79 Å². The fourth-order valence-electron chi connectivity index (χ4n) is 3.19. The number of para-hydroxylation sites is 1. The van der Waals surface area contributed by atoms with E-state index in [0.29, 0.717) is 17.9 Å². The topological polar surface area (TPSA) is 60.4 Å². The first-order chi connectivity index (χ1) is 12.6. The zero-order valence-electron chi connectivity index (χ0n) is 15.4. The molecule has 2 aromatic rings. The van der Waals surface area contributed by atoms with Crippen LogP contribution in [-0.4, -0.2) is 38.0 Å². The van der Waals surface area contributed by atoms with Gasteiger partial charge in [-0.1, -0.05) is 24.3 Å². The summed E-state index contributed by atoms with van der Waals surface area (Å²) in [6.07, 6.45) is 0.580. The number of hydrogen-bond donors (Lipinski definition) is 0. The standard InChI is InChI=1S/C20H22N2O4/c1-13(23)22-18(16-9-6-10-19(25-3)20(16)26-4)12-17(21-22)14-7-5-8-15(11-14)24-2/h5-11,18H,12H2,1-4H3. The molecular formula is C20H22N2O4. The smallest absolute Gasteiger partial charge is 0.240 e. The van der Waals surface area contributed by atoms with Crippen molar-refractivity contribution in [2.45, 2.75) is 19.4 Å². The third-order valence-corrected chi connectivity index (χ3v) is 4.43. The molecule has 0 spiro atoms. The molecular weight excluding hydrogens is 332 g/mol. The minimum Gasteiger partial charge on any atom is -0.497 e. The van der Waals surface area contributed by atoms with Crippen molar-refractivity contribution in [1.29, 1.82) is 0 Å². The van der Waals surface area contributed by atoms with E-state index < -0.39 is 0 Å². The van der Waals surface area contributed by atoms with E-state index in [4.69, 9.17) is 14.2 Å². The second-order valence-electron chi connectivity index (χ2n) is 5.94. The Bertz CT molecular complexity index is 847. The van der Waals surface area contributed by atoms with Crippen molar-refractivity contribution in [3.63, 3.8) is 0 Å². The monoisotopic (exact) mass is 354 g/mol. The highest BCUT2D eigenvalue weighted by atomic mass is 16.5. The zero-order valence-corrected chi connectivity index (χ0v) is 15.4. The van der Waals surface area contributed by atoms with E-state index in [-0.39, 0.29) is 11.9 Å². The van der Waals surface area contributed by atoms with Crippen LogP contribution < -0.4 is 14.2 Å². The average molecular weight is 354 g/mol. The van der Waals surface area contributed by atoms with Gasteiger partial charge in [-0.05, 0) is 18.2 Å². The molecule has 1 heterocycles. The molecule has 0 fully saturated rings. The van der Waals surface area contributed by atoms with Crippen LogP contribution in [0.2, 0.25) is 0 Å². The highest BCUT2D eigenvalue weighted by molar-refractivity contribution is 6.03. The normalized spacial score (nSPS) is 16.2. The lowest BCUT2D eigenvalue weighted by Gasteiger charge is -2.23. The van der Waals surface area contributed by atoms with E-state index in [9.17, 15) is 4.79 Å². The first kappa shape index (κ1) is 17.8. The van der Waals surface area contributed by atoms with Crippen LogP contribution in [0.4, 0.5) is 0 Å². The van der Waals surface area contributed by atoms with Gasteiger partial charge in [0.25, 0.3) is 0 Å². The third-order valence-electron chi connectivity index (χ3n) is 4.43. The van der Waals surface area contributed by atoms with Crippen molar-refractivity contribution in [2.75, 3.05) is 21.3 Å². The third kappa shape index (κ3) is 3.22. The first-order valence-corrected chi connectivity index (χ1v) is 8.31. The highest BCUT2D eigenvalue weighted by Crippen LogP contribution is 2.41. The Morgan fingerprint density at radius 2 is 1.85 bits per heavy atom. The van der Waals surface area contributed by atoms with Gasteiger partial charge < -0.3 is 14.2 Å². The van der Waals surface area contributed by atoms with Crippen molar-refractivity contribution < 1.29 is 19.0 Å². The van der Waals surface area contributed by atoms with Gasteiger partial charge in [-0.3, -0.25) is 4.79 Å². The minimum atomic E-state index is -0.251. The predicted molar refractivity (Wildman–Crippen MR) is 99.0 cm³/mol. The Morgan fingerprint density at radius 3 is 2.50 bits per heavy atom. The molecule has 26 heavy (non-hydrogen) atoms. The summed E-state index contributed by atoms with van der Waals surface area (Å²) < 4.78 is 16.2. The summed E-state index contributed by atoms with van der Waals surface area (Å²) in [7, 11) is 4.82. The van der Waals surface area contributed by atoms with Gasteiger partial charge in [0.1, 0.15) is 5.75 Å². The maximum atomic E-state index is 12.2. The Morgan fingerprint density at radius 1 is 1.08 bits per heavy atom. The van der Waals surface area contributed by atoms with Crippen LogP contribution in [0.3, 0.4) is 0 Å². The van der Waals surface area contributed by atoms with Crippen LogP contribution in [0, 0.1) is 0 Å². The summed E-state index contributed by atoms with van der Waals surface area (Å²) in [5.41, 5.74) is 2.62. The van der Waals surface area contributed by atoms with Gasteiger partial charge >= 0.3 is 0 Å². The Kier molecular flexibility index (Phi) is 5.11. The van der Waals surface area contributed by atoms with Gasteiger partial charge in [-0.25, -0.2) is 5.01 Å². The molecule has 6 nitrogen and oxygen atoms in total. The van der Waals surface area contributed by atoms with Crippen molar-refractivity contribution in [2.24, 2.45) is 5.10 Å². The SMILES string of the molecule is COc1cccc(C2=NN(C(C)=O)C(c3cccc(OC)c3OC)C2)c1. The van der Waals surface area contributed by atoms with E-state index >= 15 is 0 Å². The molecule has 1 aliphatic rings. The molecule has 0 aliphatic carbocycles. The number of benzene rings is 2. The molecule has 2 aromatic carbocycles. The minimum absolute atomic E-state index is 0.127. The number of carbonyl (C=O) groups is 1. The number of ether oxygens (including phenoxy) is 3. The van der Waals surface area contributed by atoms with Crippen LogP contribution in [0.1, 0.15) is 30.5 Å². The highest BCUT2D eigenvalue weighted by Gasteiger charge is 2.34. The van der Waals surface area contributed by atoms with Crippen molar-refractivity contribution in [3.05, 3.63) is 53.6 Å². The number of amides is 1. The molecule has 136 valence electrons. The quantitative estimate of drug-likeness (QED) is 0.826. The van der Waals surface area contributed by atoms with Crippen molar-refractivity contribution in [3.8, 4) is 17.2 Å².